The minimum absolute atomic E-state index is 0.144. The Labute approximate surface area is 145 Å². The molecule has 128 valence electrons. The lowest BCUT2D eigenvalue weighted by atomic mass is 9.63. The molecule has 1 aromatic rings. The van der Waals surface area contributed by atoms with Crippen molar-refractivity contribution in [3.05, 3.63) is 42.0 Å². The maximum atomic E-state index is 10.1. The number of aliphatic hydroxyl groups excluding tert-OH is 1. The molecule has 2 aliphatic rings. The summed E-state index contributed by atoms with van der Waals surface area (Å²) in [5, 5.41) is 13.4. The van der Waals surface area contributed by atoms with E-state index in [0.29, 0.717) is 6.42 Å². The molecular weight excluding hydrogens is 298 g/mol. The first-order valence-electron chi connectivity index (χ1n) is 8.65. The highest BCUT2D eigenvalue weighted by Gasteiger charge is 2.75. The molecule has 3 heteroatoms. The number of hydrogen-bond acceptors (Lipinski definition) is 3. The predicted molar refractivity (Wildman–Crippen MR) is 97.7 cm³/mol. The van der Waals surface area contributed by atoms with E-state index < -0.39 is 5.60 Å². The number of hydrogen-bond donors (Lipinski definition) is 2. The lowest BCUT2D eigenvalue weighted by Crippen LogP contribution is -2.46. The third-order valence-corrected chi connectivity index (χ3v) is 5.33. The van der Waals surface area contributed by atoms with Crippen molar-refractivity contribution < 1.29 is 9.84 Å². The van der Waals surface area contributed by atoms with E-state index >= 15 is 0 Å². The third kappa shape index (κ3) is 2.97. The number of para-hydroxylation sites is 1. The van der Waals surface area contributed by atoms with Gasteiger partial charge in [-0.1, -0.05) is 50.0 Å². The Morgan fingerprint density at radius 1 is 1.29 bits per heavy atom. The monoisotopic (exact) mass is 325 g/mol. The van der Waals surface area contributed by atoms with Gasteiger partial charge in [-0.3, -0.25) is 0 Å². The number of anilines is 1. The molecule has 0 aromatic heterocycles. The molecule has 2 fully saturated rings. The van der Waals surface area contributed by atoms with Crippen LogP contribution in [0.2, 0.25) is 0 Å². The van der Waals surface area contributed by atoms with Crippen molar-refractivity contribution in [2.45, 2.75) is 57.8 Å². The van der Waals surface area contributed by atoms with Crippen molar-refractivity contribution in [1.82, 2.24) is 0 Å². The first kappa shape index (κ1) is 17.1. The van der Waals surface area contributed by atoms with E-state index in [4.69, 9.17) is 4.74 Å². The van der Waals surface area contributed by atoms with Crippen LogP contribution in [0.15, 0.2) is 42.0 Å². The molecule has 0 radical (unpaired) electrons. The van der Waals surface area contributed by atoms with Crippen LogP contribution in [0.5, 0.6) is 0 Å². The summed E-state index contributed by atoms with van der Waals surface area (Å²) in [5.74, 6) is 6.67. The standard InChI is InChI=1S/C21H27NO2/c1-16(11-13-22-17-8-6-5-7-9-17)10-12-21-19(2,3)14-18(23)15-20(21,4)24-21/h5-9,11,18,22-23H,13-15H2,1-4H3/b16-11-/t18-,20+,21-/m0/s1. The second-order valence-corrected chi connectivity index (χ2v) is 7.84. The van der Waals surface area contributed by atoms with Gasteiger partial charge in [-0.25, -0.2) is 0 Å². The Morgan fingerprint density at radius 2 is 2.00 bits per heavy atom. The molecule has 2 N–H and O–H groups in total. The first-order valence-corrected chi connectivity index (χ1v) is 8.65. The molecule has 0 amide bonds. The van der Waals surface area contributed by atoms with Gasteiger partial charge < -0.3 is 15.2 Å². The Morgan fingerprint density at radius 3 is 2.67 bits per heavy atom. The normalized spacial score (nSPS) is 33.9. The number of ether oxygens (including phenoxy) is 1. The fraction of sp³-hybridized carbons (Fsp3) is 0.524. The van der Waals surface area contributed by atoms with Gasteiger partial charge in [-0.2, -0.15) is 0 Å². The van der Waals surface area contributed by atoms with Crippen LogP contribution in [0, 0.1) is 17.3 Å². The van der Waals surface area contributed by atoms with Crippen molar-refractivity contribution in [1.29, 1.82) is 0 Å². The third-order valence-electron chi connectivity index (χ3n) is 5.33. The van der Waals surface area contributed by atoms with E-state index in [9.17, 15) is 5.11 Å². The van der Waals surface area contributed by atoms with Gasteiger partial charge in [0.25, 0.3) is 0 Å². The summed E-state index contributed by atoms with van der Waals surface area (Å²) < 4.78 is 6.09. The number of rotatable bonds is 3. The van der Waals surface area contributed by atoms with Gasteiger partial charge in [-0.05, 0) is 38.0 Å². The van der Waals surface area contributed by atoms with Crippen molar-refractivity contribution >= 4 is 5.69 Å². The fourth-order valence-corrected chi connectivity index (χ4v) is 4.05. The maximum Gasteiger partial charge on any atom is 0.163 e. The second-order valence-electron chi connectivity index (χ2n) is 7.84. The average molecular weight is 325 g/mol. The van der Waals surface area contributed by atoms with Crippen molar-refractivity contribution in [3.8, 4) is 11.8 Å². The molecule has 1 aliphatic heterocycles. The molecule has 1 saturated heterocycles. The molecule has 1 heterocycles. The highest BCUT2D eigenvalue weighted by atomic mass is 16.6. The van der Waals surface area contributed by atoms with Gasteiger partial charge in [-0.15, -0.1) is 0 Å². The van der Waals surface area contributed by atoms with Crippen LogP contribution < -0.4 is 5.32 Å². The van der Waals surface area contributed by atoms with Crippen LogP contribution in [-0.4, -0.2) is 29.0 Å². The summed E-state index contributed by atoms with van der Waals surface area (Å²) in [6.07, 6.45) is 3.20. The van der Waals surface area contributed by atoms with Gasteiger partial charge in [0.15, 0.2) is 5.60 Å². The van der Waals surface area contributed by atoms with Crippen LogP contribution in [0.4, 0.5) is 5.69 Å². The zero-order valence-corrected chi connectivity index (χ0v) is 15.0. The van der Waals surface area contributed by atoms with E-state index in [-0.39, 0.29) is 17.1 Å². The molecule has 3 atom stereocenters. The van der Waals surface area contributed by atoms with Crippen LogP contribution in [0.25, 0.3) is 0 Å². The van der Waals surface area contributed by atoms with Crippen molar-refractivity contribution in [3.63, 3.8) is 0 Å². The number of benzene rings is 1. The minimum Gasteiger partial charge on any atom is -0.393 e. The largest absolute Gasteiger partial charge is 0.393 e. The SMILES string of the molecule is C/C(C#C[C@@]12O[C@]1(C)C[C@@H](O)CC2(C)C)=C/CNc1ccccc1. The second kappa shape index (κ2) is 5.95. The summed E-state index contributed by atoms with van der Waals surface area (Å²) in [5.41, 5.74) is 1.25. The molecular formula is C21H27NO2. The van der Waals surface area contributed by atoms with E-state index in [1.807, 2.05) is 37.3 Å². The van der Waals surface area contributed by atoms with Gasteiger partial charge in [0.1, 0.15) is 5.60 Å². The van der Waals surface area contributed by atoms with Crippen LogP contribution in [0.1, 0.15) is 40.5 Å². The quantitative estimate of drug-likeness (QED) is 0.657. The summed E-state index contributed by atoms with van der Waals surface area (Å²) in [4.78, 5) is 0. The Kier molecular flexibility index (Phi) is 4.23. The van der Waals surface area contributed by atoms with Crippen molar-refractivity contribution in [2.75, 3.05) is 11.9 Å². The van der Waals surface area contributed by atoms with Crippen molar-refractivity contribution in [2.24, 2.45) is 5.41 Å². The maximum absolute atomic E-state index is 10.1. The number of aliphatic hydroxyl groups is 1. The van der Waals surface area contributed by atoms with E-state index in [0.717, 1.165) is 24.2 Å². The molecule has 3 rings (SSSR count). The van der Waals surface area contributed by atoms with Gasteiger partial charge in [0, 0.05) is 24.1 Å². The number of nitrogens with one attached hydrogen (secondary N) is 1. The molecule has 0 unspecified atom stereocenters. The van der Waals surface area contributed by atoms with Gasteiger partial charge in [0.2, 0.25) is 0 Å². The topological polar surface area (TPSA) is 44.8 Å². The zero-order valence-electron chi connectivity index (χ0n) is 15.0. The summed E-state index contributed by atoms with van der Waals surface area (Å²) >= 11 is 0. The lowest BCUT2D eigenvalue weighted by molar-refractivity contribution is 0.0542. The smallest absolute Gasteiger partial charge is 0.163 e. The van der Waals surface area contributed by atoms with Crippen LogP contribution in [0.3, 0.4) is 0 Å². The number of fused-ring (bicyclic) bond motifs is 1. The molecule has 1 aromatic carbocycles. The van der Waals surface area contributed by atoms with E-state index in [1.165, 1.54) is 0 Å². The van der Waals surface area contributed by atoms with E-state index in [1.54, 1.807) is 0 Å². The van der Waals surface area contributed by atoms with Gasteiger partial charge >= 0.3 is 0 Å². The highest BCUT2D eigenvalue weighted by Crippen LogP contribution is 2.64. The first-order chi connectivity index (χ1) is 11.3. The Hall–Kier alpha value is -1.76. The van der Waals surface area contributed by atoms with Crippen LogP contribution >= 0.6 is 0 Å². The lowest BCUT2D eigenvalue weighted by Gasteiger charge is -2.37. The molecule has 3 nitrogen and oxygen atoms in total. The number of allylic oxidation sites excluding steroid dienone is 1. The summed E-state index contributed by atoms with van der Waals surface area (Å²) in [7, 11) is 0. The minimum atomic E-state index is -0.429. The highest BCUT2D eigenvalue weighted by molar-refractivity contribution is 5.45. The molecule has 24 heavy (non-hydrogen) atoms. The van der Waals surface area contributed by atoms with E-state index in [2.05, 4.69) is 44.0 Å². The molecule has 0 spiro atoms. The van der Waals surface area contributed by atoms with Crippen LogP contribution in [-0.2, 0) is 4.74 Å². The zero-order chi connectivity index (χ0) is 17.4. The molecule has 0 bridgehead atoms. The summed E-state index contributed by atoms with van der Waals surface area (Å²) in [6, 6.07) is 10.1. The fourth-order valence-electron chi connectivity index (χ4n) is 4.05. The van der Waals surface area contributed by atoms with Gasteiger partial charge in [0.05, 0.1) is 6.10 Å². The summed E-state index contributed by atoms with van der Waals surface area (Å²) in [6.45, 7) is 9.14. The average Bonchev–Trinajstić information content (AvgIpc) is 3.12. The Bertz CT molecular complexity index is 698. The number of epoxide rings is 1. The Balaban J connectivity index is 1.67. The predicted octanol–water partition coefficient (Wildman–Crippen LogP) is 3.76. The molecule has 1 aliphatic carbocycles. The molecule has 1 saturated carbocycles.